The molecular weight excluding hydrogens is 170 g/mol. The van der Waals surface area contributed by atoms with Crippen LogP contribution in [0.2, 0.25) is 0 Å². The van der Waals surface area contributed by atoms with Crippen LogP contribution < -0.4 is 10.6 Å². The summed E-state index contributed by atoms with van der Waals surface area (Å²) in [6.45, 7) is 1.28. The van der Waals surface area contributed by atoms with E-state index in [4.69, 9.17) is 5.26 Å². The molecule has 13 heavy (non-hydrogen) atoms. The van der Waals surface area contributed by atoms with Crippen molar-refractivity contribution in [1.82, 2.24) is 10.6 Å². The Balaban J connectivity index is 2.27. The Morgan fingerprint density at radius 1 is 1.54 bits per heavy atom. The molecule has 0 bridgehead atoms. The first-order chi connectivity index (χ1) is 6.08. The van der Waals surface area contributed by atoms with E-state index in [-0.39, 0.29) is 18.4 Å². The van der Waals surface area contributed by atoms with Gasteiger partial charge in [-0.05, 0) is 12.8 Å². The van der Waals surface area contributed by atoms with Crippen LogP contribution in [-0.4, -0.2) is 23.9 Å². The monoisotopic (exact) mass is 181 g/mol. The topological polar surface area (TPSA) is 82.0 Å². The SMILES string of the molecule is CC(=O)NCC(=O)NC1(C#N)CC1. The van der Waals surface area contributed by atoms with Gasteiger partial charge in [-0.2, -0.15) is 5.26 Å². The first-order valence-corrected chi connectivity index (χ1v) is 4.05. The van der Waals surface area contributed by atoms with E-state index in [1.165, 1.54) is 6.92 Å². The summed E-state index contributed by atoms with van der Waals surface area (Å²) in [6, 6.07) is 2.03. The second kappa shape index (κ2) is 3.44. The lowest BCUT2D eigenvalue weighted by Gasteiger charge is -2.08. The van der Waals surface area contributed by atoms with Crippen molar-refractivity contribution in [3.05, 3.63) is 0 Å². The number of nitrogens with zero attached hydrogens (tertiary/aromatic N) is 1. The van der Waals surface area contributed by atoms with Crippen molar-refractivity contribution in [3.63, 3.8) is 0 Å². The summed E-state index contributed by atoms with van der Waals surface area (Å²) >= 11 is 0. The number of rotatable bonds is 3. The van der Waals surface area contributed by atoms with Crippen LogP contribution in [0.25, 0.3) is 0 Å². The van der Waals surface area contributed by atoms with Gasteiger partial charge in [-0.15, -0.1) is 0 Å². The molecule has 1 fully saturated rings. The number of amides is 2. The third-order valence-corrected chi connectivity index (χ3v) is 1.84. The van der Waals surface area contributed by atoms with E-state index in [2.05, 4.69) is 10.6 Å². The molecule has 1 saturated carbocycles. The van der Waals surface area contributed by atoms with Crippen LogP contribution in [0, 0.1) is 11.3 Å². The maximum atomic E-state index is 11.1. The van der Waals surface area contributed by atoms with Crippen molar-refractivity contribution in [3.8, 4) is 6.07 Å². The summed E-state index contributed by atoms with van der Waals surface area (Å²) in [5.41, 5.74) is -0.643. The summed E-state index contributed by atoms with van der Waals surface area (Å²) in [4.78, 5) is 21.5. The molecule has 2 N–H and O–H groups in total. The highest BCUT2D eigenvalue weighted by molar-refractivity contribution is 5.84. The third-order valence-electron chi connectivity index (χ3n) is 1.84. The Labute approximate surface area is 76.1 Å². The Hall–Kier alpha value is -1.57. The van der Waals surface area contributed by atoms with Gasteiger partial charge >= 0.3 is 0 Å². The number of hydrogen-bond acceptors (Lipinski definition) is 3. The van der Waals surface area contributed by atoms with E-state index in [1.54, 1.807) is 0 Å². The molecule has 5 heteroatoms. The minimum absolute atomic E-state index is 0.0568. The Morgan fingerprint density at radius 3 is 2.54 bits per heavy atom. The molecule has 0 atom stereocenters. The van der Waals surface area contributed by atoms with Gasteiger partial charge in [0.05, 0.1) is 12.6 Å². The standard InChI is InChI=1S/C8H11N3O2/c1-6(12)10-4-7(13)11-8(5-9)2-3-8/h2-4H2,1H3,(H,10,12)(H,11,13). The summed E-state index contributed by atoms with van der Waals surface area (Å²) < 4.78 is 0. The molecule has 1 rings (SSSR count). The van der Waals surface area contributed by atoms with Crippen molar-refractivity contribution in [2.75, 3.05) is 6.54 Å². The summed E-state index contributed by atoms with van der Waals surface area (Å²) in [5, 5.41) is 13.5. The zero-order valence-electron chi connectivity index (χ0n) is 7.39. The molecular formula is C8H11N3O2. The molecule has 0 unspecified atom stereocenters. The number of hydrogen-bond donors (Lipinski definition) is 2. The molecule has 0 aromatic heterocycles. The summed E-state index contributed by atoms with van der Waals surface area (Å²) in [5.74, 6) is -0.564. The highest BCUT2D eigenvalue weighted by Crippen LogP contribution is 2.33. The van der Waals surface area contributed by atoms with Gasteiger partial charge in [0.15, 0.2) is 0 Å². The van der Waals surface area contributed by atoms with E-state index in [0.717, 1.165) is 0 Å². The van der Waals surface area contributed by atoms with Gasteiger partial charge in [0.25, 0.3) is 0 Å². The predicted octanol–water partition coefficient (Wildman–Crippen LogP) is -0.705. The lowest BCUT2D eigenvalue weighted by Crippen LogP contribution is -2.42. The van der Waals surface area contributed by atoms with Crippen LogP contribution >= 0.6 is 0 Å². The predicted molar refractivity (Wildman–Crippen MR) is 44.4 cm³/mol. The molecule has 0 spiro atoms. The Kier molecular flexibility index (Phi) is 2.52. The lowest BCUT2D eigenvalue weighted by molar-refractivity contribution is -0.125. The number of carbonyl (C=O) groups excluding carboxylic acids is 2. The highest BCUT2D eigenvalue weighted by atomic mass is 16.2. The van der Waals surface area contributed by atoms with E-state index < -0.39 is 5.54 Å². The van der Waals surface area contributed by atoms with Crippen LogP contribution in [-0.2, 0) is 9.59 Å². The van der Waals surface area contributed by atoms with Crippen molar-refractivity contribution in [2.24, 2.45) is 0 Å². The van der Waals surface area contributed by atoms with E-state index in [0.29, 0.717) is 12.8 Å². The smallest absolute Gasteiger partial charge is 0.240 e. The Bertz CT molecular complexity index is 276. The maximum absolute atomic E-state index is 11.1. The minimum Gasteiger partial charge on any atom is -0.347 e. The van der Waals surface area contributed by atoms with Gasteiger partial charge in [-0.3, -0.25) is 9.59 Å². The van der Waals surface area contributed by atoms with Crippen LogP contribution in [0.4, 0.5) is 0 Å². The lowest BCUT2D eigenvalue weighted by atomic mass is 10.3. The van der Waals surface area contributed by atoms with Crippen LogP contribution in [0.1, 0.15) is 19.8 Å². The van der Waals surface area contributed by atoms with Gasteiger partial charge in [-0.25, -0.2) is 0 Å². The number of nitrogens with one attached hydrogen (secondary N) is 2. The first kappa shape index (κ1) is 9.52. The second-order valence-electron chi connectivity index (χ2n) is 3.15. The summed E-state index contributed by atoms with van der Waals surface area (Å²) in [7, 11) is 0. The normalized spacial score (nSPS) is 16.9. The molecule has 1 aliphatic rings. The molecule has 0 heterocycles. The molecule has 0 saturated heterocycles. The fourth-order valence-corrected chi connectivity index (χ4v) is 0.906. The van der Waals surface area contributed by atoms with E-state index in [1.807, 2.05) is 6.07 Å². The minimum atomic E-state index is -0.643. The van der Waals surface area contributed by atoms with Crippen LogP contribution in [0.15, 0.2) is 0 Å². The van der Waals surface area contributed by atoms with Crippen molar-refractivity contribution < 1.29 is 9.59 Å². The first-order valence-electron chi connectivity index (χ1n) is 4.05. The van der Waals surface area contributed by atoms with Crippen molar-refractivity contribution >= 4 is 11.8 Å². The number of carbonyl (C=O) groups is 2. The number of nitriles is 1. The summed E-state index contributed by atoms with van der Waals surface area (Å²) in [6.07, 6.45) is 1.41. The average molecular weight is 181 g/mol. The molecule has 2 amide bonds. The zero-order valence-corrected chi connectivity index (χ0v) is 7.39. The molecule has 5 nitrogen and oxygen atoms in total. The molecule has 0 aromatic carbocycles. The van der Waals surface area contributed by atoms with Gasteiger partial charge in [0, 0.05) is 6.92 Å². The largest absolute Gasteiger partial charge is 0.347 e. The van der Waals surface area contributed by atoms with Gasteiger partial charge in [-0.1, -0.05) is 0 Å². The second-order valence-corrected chi connectivity index (χ2v) is 3.15. The van der Waals surface area contributed by atoms with Crippen molar-refractivity contribution in [1.29, 1.82) is 5.26 Å². The van der Waals surface area contributed by atoms with Gasteiger partial charge < -0.3 is 10.6 Å². The Morgan fingerprint density at radius 2 is 2.15 bits per heavy atom. The highest BCUT2D eigenvalue weighted by Gasteiger charge is 2.44. The average Bonchev–Trinajstić information content (AvgIpc) is 2.82. The van der Waals surface area contributed by atoms with Gasteiger partial charge in [0.1, 0.15) is 5.54 Å². The third kappa shape index (κ3) is 2.75. The van der Waals surface area contributed by atoms with Crippen LogP contribution in [0.5, 0.6) is 0 Å². The zero-order chi connectivity index (χ0) is 9.90. The molecule has 1 aliphatic carbocycles. The quantitative estimate of drug-likeness (QED) is 0.603. The fourth-order valence-electron chi connectivity index (χ4n) is 0.906. The van der Waals surface area contributed by atoms with E-state index >= 15 is 0 Å². The fraction of sp³-hybridized carbons (Fsp3) is 0.625. The van der Waals surface area contributed by atoms with Crippen molar-refractivity contribution in [2.45, 2.75) is 25.3 Å². The van der Waals surface area contributed by atoms with Crippen LogP contribution in [0.3, 0.4) is 0 Å². The van der Waals surface area contributed by atoms with Gasteiger partial charge in [0.2, 0.25) is 11.8 Å². The maximum Gasteiger partial charge on any atom is 0.240 e. The molecule has 70 valence electrons. The molecule has 0 aliphatic heterocycles. The van der Waals surface area contributed by atoms with E-state index in [9.17, 15) is 9.59 Å². The molecule has 0 radical (unpaired) electrons. The molecule has 0 aromatic rings.